The fourth-order valence-corrected chi connectivity index (χ4v) is 1.17. The van der Waals surface area contributed by atoms with Crippen LogP contribution in [0.15, 0.2) is 12.4 Å². The Balaban J connectivity index is 2.34. The summed E-state index contributed by atoms with van der Waals surface area (Å²) in [5.41, 5.74) is 0. The van der Waals surface area contributed by atoms with Crippen LogP contribution in [0, 0.1) is 0 Å². The number of hydrogen-bond acceptors (Lipinski definition) is 4. The van der Waals surface area contributed by atoms with Crippen LogP contribution in [-0.4, -0.2) is 29.3 Å². The topological polar surface area (TPSA) is 47.0 Å². The summed E-state index contributed by atoms with van der Waals surface area (Å²) >= 11 is 0. The van der Waals surface area contributed by atoms with E-state index < -0.39 is 12.6 Å². The summed E-state index contributed by atoms with van der Waals surface area (Å²) in [7, 11) is 0. The van der Waals surface area contributed by atoms with Gasteiger partial charge in [0.1, 0.15) is 12.1 Å². The SMILES string of the molecule is CCOc1cc(NCCCC(F)(F)F)ncn1. The molecule has 0 fully saturated rings. The molecule has 1 heterocycles. The molecule has 0 radical (unpaired) electrons. The number of rotatable bonds is 6. The van der Waals surface area contributed by atoms with E-state index in [4.69, 9.17) is 4.74 Å². The Morgan fingerprint density at radius 1 is 1.35 bits per heavy atom. The van der Waals surface area contributed by atoms with Gasteiger partial charge in [-0.1, -0.05) is 0 Å². The van der Waals surface area contributed by atoms with Gasteiger partial charge in [-0.2, -0.15) is 13.2 Å². The molecule has 17 heavy (non-hydrogen) atoms. The van der Waals surface area contributed by atoms with Crippen molar-refractivity contribution in [2.24, 2.45) is 0 Å². The average molecular weight is 249 g/mol. The zero-order valence-corrected chi connectivity index (χ0v) is 9.42. The van der Waals surface area contributed by atoms with Crippen molar-refractivity contribution in [3.05, 3.63) is 12.4 Å². The molecular formula is C10H14F3N3O. The molecule has 96 valence electrons. The lowest BCUT2D eigenvalue weighted by Crippen LogP contribution is -2.11. The number of alkyl halides is 3. The van der Waals surface area contributed by atoms with Crippen LogP contribution in [0.4, 0.5) is 19.0 Å². The van der Waals surface area contributed by atoms with E-state index in [2.05, 4.69) is 15.3 Å². The van der Waals surface area contributed by atoms with E-state index in [-0.39, 0.29) is 13.0 Å². The van der Waals surface area contributed by atoms with Crippen molar-refractivity contribution in [1.29, 1.82) is 0 Å². The minimum Gasteiger partial charge on any atom is -0.478 e. The van der Waals surface area contributed by atoms with Gasteiger partial charge < -0.3 is 10.1 Å². The lowest BCUT2D eigenvalue weighted by molar-refractivity contribution is -0.134. The number of nitrogens with one attached hydrogen (secondary N) is 1. The van der Waals surface area contributed by atoms with Crippen molar-refractivity contribution in [2.45, 2.75) is 25.9 Å². The molecule has 0 aliphatic rings. The first kappa shape index (κ1) is 13.5. The van der Waals surface area contributed by atoms with Crippen LogP contribution in [0.5, 0.6) is 5.88 Å². The Morgan fingerprint density at radius 3 is 2.76 bits per heavy atom. The van der Waals surface area contributed by atoms with Crippen molar-refractivity contribution in [3.63, 3.8) is 0 Å². The van der Waals surface area contributed by atoms with E-state index in [1.807, 2.05) is 6.92 Å². The number of anilines is 1. The highest BCUT2D eigenvalue weighted by Gasteiger charge is 2.25. The molecule has 0 saturated heterocycles. The van der Waals surface area contributed by atoms with E-state index in [0.717, 1.165) is 0 Å². The highest BCUT2D eigenvalue weighted by molar-refractivity contribution is 5.36. The van der Waals surface area contributed by atoms with Crippen LogP contribution in [-0.2, 0) is 0 Å². The fraction of sp³-hybridized carbons (Fsp3) is 0.600. The highest BCUT2D eigenvalue weighted by Crippen LogP contribution is 2.21. The lowest BCUT2D eigenvalue weighted by atomic mass is 10.3. The van der Waals surface area contributed by atoms with E-state index in [1.165, 1.54) is 6.33 Å². The molecule has 0 spiro atoms. The third-order valence-electron chi connectivity index (χ3n) is 1.88. The summed E-state index contributed by atoms with van der Waals surface area (Å²) < 4.78 is 40.8. The zero-order chi connectivity index (χ0) is 12.7. The van der Waals surface area contributed by atoms with Crippen LogP contribution >= 0.6 is 0 Å². The minimum absolute atomic E-state index is 0.0114. The van der Waals surface area contributed by atoms with Crippen LogP contribution in [0.2, 0.25) is 0 Å². The fourth-order valence-electron chi connectivity index (χ4n) is 1.17. The third kappa shape index (κ3) is 5.94. The zero-order valence-electron chi connectivity index (χ0n) is 9.42. The Labute approximate surface area is 97.2 Å². The summed E-state index contributed by atoms with van der Waals surface area (Å²) in [5.74, 6) is 0.867. The Kier molecular flexibility index (Phi) is 4.99. The summed E-state index contributed by atoms with van der Waals surface area (Å²) in [4.78, 5) is 7.72. The van der Waals surface area contributed by atoms with Gasteiger partial charge in [0.25, 0.3) is 0 Å². The first-order chi connectivity index (χ1) is 8.01. The van der Waals surface area contributed by atoms with Gasteiger partial charge in [-0.05, 0) is 13.3 Å². The second-order valence-corrected chi connectivity index (χ2v) is 3.32. The maximum absolute atomic E-state index is 11.9. The summed E-state index contributed by atoms with van der Waals surface area (Å²) in [6, 6.07) is 1.55. The van der Waals surface area contributed by atoms with Crippen LogP contribution in [0.1, 0.15) is 19.8 Å². The van der Waals surface area contributed by atoms with Gasteiger partial charge in [-0.15, -0.1) is 0 Å². The Hall–Kier alpha value is -1.53. The molecule has 0 aromatic carbocycles. The molecule has 0 atom stereocenters. The van der Waals surface area contributed by atoms with Crippen molar-refractivity contribution < 1.29 is 17.9 Å². The standard InChI is InChI=1S/C10H14F3N3O/c1-2-17-9-6-8(15-7-16-9)14-5-3-4-10(11,12)13/h6-7H,2-5H2,1H3,(H,14,15,16). The largest absolute Gasteiger partial charge is 0.478 e. The Morgan fingerprint density at radius 2 is 2.12 bits per heavy atom. The monoisotopic (exact) mass is 249 g/mol. The number of aromatic nitrogens is 2. The van der Waals surface area contributed by atoms with Gasteiger partial charge in [-0.3, -0.25) is 0 Å². The quantitative estimate of drug-likeness (QED) is 0.787. The van der Waals surface area contributed by atoms with Gasteiger partial charge in [-0.25, -0.2) is 9.97 Å². The molecule has 1 rings (SSSR count). The second-order valence-electron chi connectivity index (χ2n) is 3.32. The average Bonchev–Trinajstić information content (AvgIpc) is 2.24. The van der Waals surface area contributed by atoms with Crippen LogP contribution in [0.25, 0.3) is 0 Å². The molecule has 0 amide bonds. The van der Waals surface area contributed by atoms with Gasteiger partial charge in [0.05, 0.1) is 6.61 Å². The van der Waals surface area contributed by atoms with E-state index in [0.29, 0.717) is 18.3 Å². The van der Waals surface area contributed by atoms with Gasteiger partial charge >= 0.3 is 6.18 Å². The van der Waals surface area contributed by atoms with E-state index >= 15 is 0 Å². The smallest absolute Gasteiger partial charge is 0.389 e. The molecule has 1 N–H and O–H groups in total. The molecule has 0 unspecified atom stereocenters. The first-order valence-electron chi connectivity index (χ1n) is 5.26. The van der Waals surface area contributed by atoms with Gasteiger partial charge in [0.2, 0.25) is 5.88 Å². The third-order valence-corrected chi connectivity index (χ3v) is 1.88. The molecule has 1 aromatic heterocycles. The molecule has 0 saturated carbocycles. The van der Waals surface area contributed by atoms with E-state index in [9.17, 15) is 13.2 Å². The van der Waals surface area contributed by atoms with Crippen molar-refractivity contribution in [3.8, 4) is 5.88 Å². The number of halogens is 3. The highest BCUT2D eigenvalue weighted by atomic mass is 19.4. The van der Waals surface area contributed by atoms with E-state index in [1.54, 1.807) is 6.07 Å². The molecule has 0 aliphatic carbocycles. The molecular weight excluding hydrogens is 235 g/mol. The maximum atomic E-state index is 11.9. The molecule has 0 bridgehead atoms. The van der Waals surface area contributed by atoms with Gasteiger partial charge in [0, 0.05) is 19.0 Å². The first-order valence-corrected chi connectivity index (χ1v) is 5.26. The van der Waals surface area contributed by atoms with Crippen molar-refractivity contribution in [2.75, 3.05) is 18.5 Å². The molecule has 1 aromatic rings. The van der Waals surface area contributed by atoms with Crippen molar-refractivity contribution >= 4 is 5.82 Å². The summed E-state index contributed by atoms with van der Waals surface area (Å²) in [6.07, 6.45) is -3.60. The van der Waals surface area contributed by atoms with Crippen molar-refractivity contribution in [1.82, 2.24) is 9.97 Å². The predicted octanol–water partition coefficient (Wildman–Crippen LogP) is 2.63. The van der Waals surface area contributed by atoms with Gasteiger partial charge in [0.15, 0.2) is 0 Å². The predicted molar refractivity (Wildman–Crippen MR) is 57.0 cm³/mol. The molecule has 4 nitrogen and oxygen atoms in total. The number of hydrogen-bond donors (Lipinski definition) is 1. The summed E-state index contributed by atoms with van der Waals surface area (Å²) in [6.45, 7) is 2.51. The number of nitrogens with zero attached hydrogens (tertiary/aromatic N) is 2. The maximum Gasteiger partial charge on any atom is 0.389 e. The lowest BCUT2D eigenvalue weighted by Gasteiger charge is -2.08. The van der Waals surface area contributed by atoms with Crippen LogP contribution in [0.3, 0.4) is 0 Å². The minimum atomic E-state index is -4.11. The Bertz CT molecular complexity index is 344. The van der Waals surface area contributed by atoms with Crippen LogP contribution < -0.4 is 10.1 Å². The summed E-state index contributed by atoms with van der Waals surface area (Å²) in [5, 5.41) is 2.78. The second kappa shape index (κ2) is 6.27. The molecule has 0 aliphatic heterocycles. The number of ether oxygens (including phenoxy) is 1. The normalized spacial score (nSPS) is 11.3. The molecule has 7 heteroatoms.